The van der Waals surface area contributed by atoms with Crippen molar-refractivity contribution in [2.75, 3.05) is 0 Å². The van der Waals surface area contributed by atoms with E-state index in [-0.39, 0.29) is 0 Å². The van der Waals surface area contributed by atoms with Crippen molar-refractivity contribution in [1.82, 2.24) is 0 Å². The fourth-order valence-electron chi connectivity index (χ4n) is 5.65. The van der Waals surface area contributed by atoms with Gasteiger partial charge in [0.15, 0.2) is 0 Å². The molecule has 22 heavy (non-hydrogen) atoms. The Kier molecular flexibility index (Phi) is 7.96. The summed E-state index contributed by atoms with van der Waals surface area (Å²) in [4.78, 5) is 0. The zero-order valence-electron chi connectivity index (χ0n) is 15.0. The van der Waals surface area contributed by atoms with Crippen molar-refractivity contribution in [3.8, 4) is 0 Å². The van der Waals surface area contributed by atoms with Gasteiger partial charge < -0.3 is 0 Å². The van der Waals surface area contributed by atoms with Crippen molar-refractivity contribution in [2.45, 2.75) is 110 Å². The Bertz CT molecular complexity index is 235. The third-order valence-electron chi connectivity index (χ3n) is 6.91. The Morgan fingerprint density at radius 2 is 0.682 bits per heavy atom. The van der Waals surface area contributed by atoms with Crippen molar-refractivity contribution in [3.63, 3.8) is 0 Å². The molecule has 0 N–H and O–H groups in total. The number of rotatable bonds is 6. The zero-order valence-corrected chi connectivity index (χ0v) is 17.8. The first-order valence-corrected chi connectivity index (χ1v) is 16.8. The molecule has 0 heterocycles. The predicted molar refractivity (Wildman–Crippen MR) is 99.9 cm³/mol. The van der Waals surface area contributed by atoms with Crippen molar-refractivity contribution < 1.29 is 0 Å². The molecule has 0 aromatic rings. The molecule has 0 atom stereocenters. The second-order valence-corrected chi connectivity index (χ2v) is 16.7. The third-order valence-corrected chi connectivity index (χ3v) is 16.8. The van der Waals surface area contributed by atoms with E-state index in [0.29, 0.717) is 0 Å². The second-order valence-electron chi connectivity index (χ2n) is 8.87. The van der Waals surface area contributed by atoms with E-state index in [4.69, 9.17) is 0 Å². The van der Waals surface area contributed by atoms with Crippen LogP contribution in [0, 0.1) is 17.8 Å². The molecule has 0 spiro atoms. The summed E-state index contributed by atoms with van der Waals surface area (Å²) >= 11 is -1.10. The molecule has 3 aliphatic rings. The maximum atomic E-state index is 1.80. The van der Waals surface area contributed by atoms with Crippen LogP contribution in [0.2, 0.25) is 13.3 Å². The first kappa shape index (κ1) is 17.6. The Balaban J connectivity index is 1.50. The van der Waals surface area contributed by atoms with Crippen LogP contribution in [0.25, 0.3) is 0 Å². The predicted octanol–water partition coefficient (Wildman–Crippen LogP) is 7.22. The molecule has 0 aliphatic heterocycles. The molecule has 0 nitrogen and oxygen atoms in total. The van der Waals surface area contributed by atoms with Crippen LogP contribution in [0.5, 0.6) is 0 Å². The van der Waals surface area contributed by atoms with Gasteiger partial charge in [-0.25, -0.2) is 0 Å². The van der Waals surface area contributed by atoms with Gasteiger partial charge >= 0.3 is 147 Å². The number of hydrogen-bond donors (Lipinski definition) is 0. The monoisotopic (exact) mass is 411 g/mol. The molecule has 0 radical (unpaired) electrons. The average Bonchev–Trinajstić information content (AvgIpc) is 2.57. The molecular formula is C21H39Sn+. The standard InChI is InChI=1S/3C7H13.Sn/c3*1-7-5-3-2-4-6-7;/h3*7H,1-6H2;/q;;;+1. The molecular weight excluding hydrogens is 371 g/mol. The van der Waals surface area contributed by atoms with Gasteiger partial charge in [-0.3, -0.25) is 0 Å². The molecule has 0 aromatic carbocycles. The topological polar surface area (TPSA) is 0 Å². The molecule has 126 valence electrons. The van der Waals surface area contributed by atoms with Gasteiger partial charge in [0.1, 0.15) is 0 Å². The van der Waals surface area contributed by atoms with Gasteiger partial charge in [-0.2, -0.15) is 0 Å². The molecule has 3 aliphatic carbocycles. The quantitative estimate of drug-likeness (QED) is 0.406. The van der Waals surface area contributed by atoms with E-state index >= 15 is 0 Å². The summed E-state index contributed by atoms with van der Waals surface area (Å²) in [5.41, 5.74) is 0. The SMILES string of the molecule is C1CCC([CH2][Sn+]([CH2]C2CCCCC2)[CH2]C2CCCCC2)CC1. The first-order chi connectivity index (χ1) is 10.9. The Labute approximate surface area is 147 Å². The van der Waals surface area contributed by atoms with Crippen molar-refractivity contribution >= 4 is 19.8 Å². The minimum atomic E-state index is -1.10. The Morgan fingerprint density at radius 1 is 0.409 bits per heavy atom. The van der Waals surface area contributed by atoms with Crippen LogP contribution in [0.4, 0.5) is 0 Å². The van der Waals surface area contributed by atoms with Crippen molar-refractivity contribution in [1.29, 1.82) is 0 Å². The summed E-state index contributed by atoms with van der Waals surface area (Å²) in [5, 5.41) is 0. The normalized spacial score (nSPS) is 26.2. The molecule has 0 unspecified atom stereocenters. The van der Waals surface area contributed by atoms with Gasteiger partial charge in [0.2, 0.25) is 0 Å². The van der Waals surface area contributed by atoms with E-state index in [2.05, 4.69) is 0 Å². The van der Waals surface area contributed by atoms with E-state index in [9.17, 15) is 0 Å². The van der Waals surface area contributed by atoms with Gasteiger partial charge in [0.25, 0.3) is 0 Å². The van der Waals surface area contributed by atoms with Crippen LogP contribution in [0.15, 0.2) is 0 Å². The van der Waals surface area contributed by atoms with Crippen LogP contribution in [-0.2, 0) is 0 Å². The molecule has 3 fully saturated rings. The summed E-state index contributed by atoms with van der Waals surface area (Å²) in [6, 6.07) is 0. The minimum absolute atomic E-state index is 1.10. The van der Waals surface area contributed by atoms with Crippen LogP contribution < -0.4 is 0 Å². The fourth-order valence-corrected chi connectivity index (χ4v) is 17.6. The van der Waals surface area contributed by atoms with Gasteiger partial charge in [-0.1, -0.05) is 0 Å². The summed E-state index contributed by atoms with van der Waals surface area (Å²) < 4.78 is 5.40. The van der Waals surface area contributed by atoms with Crippen molar-refractivity contribution in [3.05, 3.63) is 0 Å². The van der Waals surface area contributed by atoms with E-state index in [1.54, 1.807) is 110 Å². The summed E-state index contributed by atoms with van der Waals surface area (Å²) in [6.45, 7) is 0. The van der Waals surface area contributed by atoms with Crippen LogP contribution in [0.3, 0.4) is 0 Å². The Morgan fingerprint density at radius 3 is 0.955 bits per heavy atom. The van der Waals surface area contributed by atoms with E-state index in [1.807, 2.05) is 0 Å². The van der Waals surface area contributed by atoms with Crippen LogP contribution in [-0.4, -0.2) is 19.8 Å². The van der Waals surface area contributed by atoms with Gasteiger partial charge in [0.05, 0.1) is 0 Å². The summed E-state index contributed by atoms with van der Waals surface area (Å²) in [5.74, 6) is 3.57. The molecule has 3 saturated carbocycles. The van der Waals surface area contributed by atoms with Crippen LogP contribution in [0.1, 0.15) is 96.3 Å². The van der Waals surface area contributed by atoms with Gasteiger partial charge in [-0.05, 0) is 0 Å². The molecule has 1 heteroatoms. The molecule has 0 saturated heterocycles. The van der Waals surface area contributed by atoms with Crippen LogP contribution >= 0.6 is 0 Å². The molecule has 0 bridgehead atoms. The van der Waals surface area contributed by atoms with E-state index < -0.39 is 19.8 Å². The second kappa shape index (κ2) is 9.94. The zero-order chi connectivity index (χ0) is 15.0. The first-order valence-electron chi connectivity index (χ1n) is 10.7. The third kappa shape index (κ3) is 6.02. The Hall–Kier alpha value is 0.799. The van der Waals surface area contributed by atoms with Gasteiger partial charge in [0, 0.05) is 0 Å². The average molecular weight is 410 g/mol. The van der Waals surface area contributed by atoms with E-state index in [1.165, 1.54) is 17.8 Å². The number of hydrogen-bond acceptors (Lipinski definition) is 0. The molecule has 0 aromatic heterocycles. The molecule has 0 amide bonds. The maximum absolute atomic E-state index is 1.80. The van der Waals surface area contributed by atoms with Crippen molar-refractivity contribution in [2.24, 2.45) is 17.8 Å². The summed E-state index contributed by atoms with van der Waals surface area (Å²) in [6.07, 6.45) is 23.7. The fraction of sp³-hybridized carbons (Fsp3) is 1.00. The van der Waals surface area contributed by atoms with E-state index in [0.717, 1.165) is 0 Å². The molecule has 3 rings (SSSR count). The van der Waals surface area contributed by atoms with Gasteiger partial charge in [-0.15, -0.1) is 0 Å². The summed E-state index contributed by atoms with van der Waals surface area (Å²) in [7, 11) is 0.